The largest absolute Gasteiger partial charge is 0.469 e. The Morgan fingerprint density at radius 3 is 2.81 bits per heavy atom. The van der Waals surface area contributed by atoms with Gasteiger partial charge < -0.3 is 19.5 Å². The molecule has 1 atom stereocenters. The lowest BCUT2D eigenvalue weighted by molar-refractivity contribution is -0.141. The fourth-order valence-corrected chi connectivity index (χ4v) is 2.83. The van der Waals surface area contributed by atoms with Crippen LogP contribution in [0.4, 0.5) is 0 Å². The fourth-order valence-electron chi connectivity index (χ4n) is 2.63. The van der Waals surface area contributed by atoms with E-state index in [0.29, 0.717) is 16.5 Å². The minimum absolute atomic E-state index is 0.000443. The van der Waals surface area contributed by atoms with E-state index in [1.807, 2.05) is 6.07 Å². The van der Waals surface area contributed by atoms with Crippen LogP contribution in [0.2, 0.25) is 5.02 Å². The summed E-state index contributed by atoms with van der Waals surface area (Å²) < 4.78 is 15.3. The first-order valence-electron chi connectivity index (χ1n) is 8.25. The van der Waals surface area contributed by atoms with Gasteiger partial charge >= 0.3 is 5.97 Å². The molecule has 0 fully saturated rings. The third-order valence-corrected chi connectivity index (χ3v) is 4.22. The standard InChI is InChI=1S/C20H18ClNO5/c1-25-20(24)11-16(14-3-2-4-15(21)10-14)22-19(23)8-6-13-5-7-17-18(9-13)27-12-26-17/h2-10,16H,11-12H2,1H3,(H,22,23). The molecular weight excluding hydrogens is 370 g/mol. The molecule has 0 saturated carbocycles. The second-order valence-electron chi connectivity index (χ2n) is 5.84. The molecule has 2 aromatic carbocycles. The molecule has 1 heterocycles. The van der Waals surface area contributed by atoms with Gasteiger partial charge in [0, 0.05) is 11.1 Å². The Labute approximate surface area is 161 Å². The number of hydrogen-bond acceptors (Lipinski definition) is 5. The summed E-state index contributed by atoms with van der Waals surface area (Å²) in [6, 6.07) is 11.8. The zero-order valence-electron chi connectivity index (χ0n) is 14.6. The van der Waals surface area contributed by atoms with Crippen LogP contribution in [0, 0.1) is 0 Å². The molecule has 0 saturated heterocycles. The van der Waals surface area contributed by atoms with E-state index < -0.39 is 12.0 Å². The van der Waals surface area contributed by atoms with E-state index in [0.717, 1.165) is 11.1 Å². The molecule has 0 spiro atoms. The molecule has 0 radical (unpaired) electrons. The van der Waals surface area contributed by atoms with Crippen molar-refractivity contribution in [2.75, 3.05) is 13.9 Å². The molecule has 0 aromatic heterocycles. The van der Waals surface area contributed by atoms with Crippen molar-refractivity contribution in [1.29, 1.82) is 0 Å². The minimum atomic E-state index is -0.551. The summed E-state index contributed by atoms with van der Waals surface area (Å²) in [4.78, 5) is 24.0. The number of carbonyl (C=O) groups is 2. The van der Waals surface area contributed by atoms with E-state index in [9.17, 15) is 9.59 Å². The molecule has 0 bridgehead atoms. The van der Waals surface area contributed by atoms with E-state index in [-0.39, 0.29) is 19.1 Å². The van der Waals surface area contributed by atoms with E-state index >= 15 is 0 Å². The van der Waals surface area contributed by atoms with Crippen LogP contribution in [0.3, 0.4) is 0 Å². The van der Waals surface area contributed by atoms with Crippen LogP contribution >= 0.6 is 11.6 Å². The highest BCUT2D eigenvalue weighted by molar-refractivity contribution is 6.30. The number of halogens is 1. The van der Waals surface area contributed by atoms with E-state index in [4.69, 9.17) is 25.8 Å². The molecule has 6 nitrogen and oxygen atoms in total. The smallest absolute Gasteiger partial charge is 0.307 e. The lowest BCUT2D eigenvalue weighted by Gasteiger charge is -2.17. The molecule has 7 heteroatoms. The number of methoxy groups -OCH3 is 1. The SMILES string of the molecule is COC(=O)CC(NC(=O)C=Cc1ccc2c(c1)OCO2)c1cccc(Cl)c1. The third kappa shape index (κ3) is 5.01. The van der Waals surface area contributed by atoms with Crippen molar-refractivity contribution < 1.29 is 23.8 Å². The second-order valence-corrected chi connectivity index (χ2v) is 6.28. The van der Waals surface area contributed by atoms with Crippen molar-refractivity contribution in [2.24, 2.45) is 0 Å². The molecule has 2 aromatic rings. The van der Waals surface area contributed by atoms with Gasteiger partial charge in [-0.15, -0.1) is 0 Å². The molecule has 27 heavy (non-hydrogen) atoms. The predicted molar refractivity (Wildman–Crippen MR) is 101 cm³/mol. The molecule has 1 unspecified atom stereocenters. The van der Waals surface area contributed by atoms with Crippen molar-refractivity contribution in [2.45, 2.75) is 12.5 Å². The summed E-state index contributed by atoms with van der Waals surface area (Å²) in [5.74, 6) is 0.539. The summed E-state index contributed by atoms with van der Waals surface area (Å²) in [5, 5.41) is 3.33. The van der Waals surface area contributed by atoms with Gasteiger partial charge in [0.15, 0.2) is 11.5 Å². The Hall–Kier alpha value is -2.99. The highest BCUT2D eigenvalue weighted by atomic mass is 35.5. The summed E-state index contributed by atoms with van der Waals surface area (Å²) >= 11 is 6.02. The predicted octanol–water partition coefficient (Wildman–Crippen LogP) is 3.50. The molecule has 1 amide bonds. The van der Waals surface area contributed by atoms with Gasteiger partial charge in [-0.2, -0.15) is 0 Å². The van der Waals surface area contributed by atoms with Crippen LogP contribution in [0.1, 0.15) is 23.6 Å². The quantitative estimate of drug-likeness (QED) is 0.606. The Balaban J connectivity index is 1.70. The highest BCUT2D eigenvalue weighted by Crippen LogP contribution is 2.32. The maximum atomic E-state index is 12.3. The van der Waals surface area contributed by atoms with Crippen LogP contribution in [0.5, 0.6) is 11.5 Å². The lowest BCUT2D eigenvalue weighted by atomic mass is 10.0. The number of ether oxygens (including phenoxy) is 3. The van der Waals surface area contributed by atoms with Crippen LogP contribution in [0.15, 0.2) is 48.5 Å². The lowest BCUT2D eigenvalue weighted by Crippen LogP contribution is -2.29. The number of benzene rings is 2. The Bertz CT molecular complexity index is 880. The van der Waals surface area contributed by atoms with Gasteiger partial charge in [-0.3, -0.25) is 9.59 Å². The van der Waals surface area contributed by atoms with E-state index in [1.54, 1.807) is 42.5 Å². The van der Waals surface area contributed by atoms with Gasteiger partial charge in [0.05, 0.1) is 19.6 Å². The number of rotatable bonds is 6. The average molecular weight is 388 g/mol. The number of fused-ring (bicyclic) bond motifs is 1. The van der Waals surface area contributed by atoms with Gasteiger partial charge in [-0.25, -0.2) is 0 Å². The maximum absolute atomic E-state index is 12.3. The van der Waals surface area contributed by atoms with Crippen molar-refractivity contribution in [3.05, 3.63) is 64.7 Å². The van der Waals surface area contributed by atoms with Crippen LogP contribution in [0.25, 0.3) is 6.08 Å². The number of nitrogens with one attached hydrogen (secondary N) is 1. The molecule has 1 aliphatic rings. The summed E-state index contributed by atoms with van der Waals surface area (Å²) in [6.45, 7) is 0.192. The van der Waals surface area contributed by atoms with Crippen molar-refractivity contribution in [1.82, 2.24) is 5.32 Å². The summed E-state index contributed by atoms with van der Waals surface area (Å²) in [6.07, 6.45) is 3.05. The minimum Gasteiger partial charge on any atom is -0.469 e. The summed E-state index contributed by atoms with van der Waals surface area (Å²) in [5.41, 5.74) is 1.51. The zero-order chi connectivity index (χ0) is 19.2. The molecule has 0 aliphatic carbocycles. The number of esters is 1. The van der Waals surface area contributed by atoms with Crippen LogP contribution in [-0.4, -0.2) is 25.8 Å². The fraction of sp³-hybridized carbons (Fsp3) is 0.200. The first-order valence-corrected chi connectivity index (χ1v) is 8.63. The Morgan fingerprint density at radius 2 is 2.04 bits per heavy atom. The molecule has 140 valence electrons. The van der Waals surface area contributed by atoms with Gasteiger partial charge in [-0.05, 0) is 41.5 Å². The van der Waals surface area contributed by atoms with Gasteiger partial charge in [0.2, 0.25) is 12.7 Å². The van der Waals surface area contributed by atoms with Gasteiger partial charge in [-0.1, -0.05) is 29.8 Å². The second kappa shape index (κ2) is 8.60. The maximum Gasteiger partial charge on any atom is 0.307 e. The molecule has 1 N–H and O–H groups in total. The molecule has 3 rings (SSSR count). The first kappa shape index (κ1) is 18.8. The van der Waals surface area contributed by atoms with E-state index in [1.165, 1.54) is 13.2 Å². The van der Waals surface area contributed by atoms with Gasteiger partial charge in [0.1, 0.15) is 0 Å². The highest BCUT2D eigenvalue weighted by Gasteiger charge is 2.18. The van der Waals surface area contributed by atoms with Crippen molar-refractivity contribution >= 4 is 29.6 Å². The molecule has 1 aliphatic heterocycles. The summed E-state index contributed by atoms with van der Waals surface area (Å²) in [7, 11) is 1.30. The normalized spacial score (nSPS) is 13.4. The van der Waals surface area contributed by atoms with E-state index in [2.05, 4.69) is 5.32 Å². The van der Waals surface area contributed by atoms with Crippen LogP contribution in [-0.2, 0) is 14.3 Å². The third-order valence-electron chi connectivity index (χ3n) is 3.99. The average Bonchev–Trinajstić information content (AvgIpc) is 3.13. The number of amides is 1. The van der Waals surface area contributed by atoms with Crippen LogP contribution < -0.4 is 14.8 Å². The van der Waals surface area contributed by atoms with Crippen molar-refractivity contribution in [3.63, 3.8) is 0 Å². The monoisotopic (exact) mass is 387 g/mol. The number of hydrogen-bond donors (Lipinski definition) is 1. The van der Waals surface area contributed by atoms with Gasteiger partial charge in [0.25, 0.3) is 0 Å². The van der Waals surface area contributed by atoms with Crippen molar-refractivity contribution in [3.8, 4) is 11.5 Å². The number of carbonyl (C=O) groups excluding carboxylic acids is 2. The topological polar surface area (TPSA) is 73.9 Å². The first-order chi connectivity index (χ1) is 13.0. The molecular formula is C20H18ClNO5. The Morgan fingerprint density at radius 1 is 1.22 bits per heavy atom. The zero-order valence-corrected chi connectivity index (χ0v) is 15.4. The Kier molecular flexibility index (Phi) is 5.98.